The number of hydrogen-bond acceptors (Lipinski definition) is 5. The minimum absolute atomic E-state index is 0.161. The van der Waals surface area contributed by atoms with Gasteiger partial charge < -0.3 is 24.9 Å². The maximum atomic E-state index is 12.5. The summed E-state index contributed by atoms with van der Waals surface area (Å²) in [6, 6.07) is 8.64. The monoisotopic (exact) mass is 494 g/mol. The molecular weight excluding hydrogens is 484 g/mol. The summed E-state index contributed by atoms with van der Waals surface area (Å²) in [6.45, 7) is 0.325. The number of ether oxygens (including phenoxy) is 2. The van der Waals surface area contributed by atoms with E-state index >= 15 is 0 Å². The van der Waals surface area contributed by atoms with E-state index in [4.69, 9.17) is 9.47 Å². The largest absolute Gasteiger partial charge is 0.506 e. The van der Waals surface area contributed by atoms with E-state index in [1.807, 2.05) is 0 Å². The summed E-state index contributed by atoms with van der Waals surface area (Å²) >= 11 is 6.66. The highest BCUT2D eigenvalue weighted by molar-refractivity contribution is 9.11. The SMILES string of the molecule is O=C(NCc1ccc2c(c1)OCO2)c1c(O)c2cc(Br)cc(Br)c2[nH]c1=O. The minimum atomic E-state index is -0.676. The zero-order chi connectivity index (χ0) is 19.1. The van der Waals surface area contributed by atoms with Crippen LogP contribution in [0.5, 0.6) is 17.2 Å². The molecule has 0 fully saturated rings. The Balaban J connectivity index is 1.63. The first-order valence-corrected chi connectivity index (χ1v) is 9.43. The van der Waals surface area contributed by atoms with Crippen molar-refractivity contribution in [1.29, 1.82) is 0 Å². The second-order valence-electron chi connectivity index (χ2n) is 5.86. The fourth-order valence-corrected chi connectivity index (χ4v) is 4.16. The van der Waals surface area contributed by atoms with Gasteiger partial charge in [-0.15, -0.1) is 0 Å². The van der Waals surface area contributed by atoms with Gasteiger partial charge in [0.15, 0.2) is 11.5 Å². The number of carbonyl (C=O) groups is 1. The van der Waals surface area contributed by atoms with Crippen LogP contribution in [0.4, 0.5) is 0 Å². The summed E-state index contributed by atoms with van der Waals surface area (Å²) in [4.78, 5) is 27.5. The first-order valence-electron chi connectivity index (χ1n) is 7.85. The van der Waals surface area contributed by atoms with Crippen LogP contribution in [0.25, 0.3) is 10.9 Å². The topological polar surface area (TPSA) is 101 Å². The molecule has 3 N–H and O–H groups in total. The maximum Gasteiger partial charge on any atom is 0.265 e. The maximum absolute atomic E-state index is 12.5. The fraction of sp³-hybridized carbons (Fsp3) is 0.111. The molecule has 2 heterocycles. The van der Waals surface area contributed by atoms with Crippen LogP contribution in [0.3, 0.4) is 0 Å². The smallest absolute Gasteiger partial charge is 0.265 e. The van der Waals surface area contributed by atoms with Crippen molar-refractivity contribution in [2.45, 2.75) is 6.54 Å². The van der Waals surface area contributed by atoms with Gasteiger partial charge in [-0.1, -0.05) is 22.0 Å². The number of pyridine rings is 1. The molecule has 1 aliphatic rings. The number of benzene rings is 2. The number of fused-ring (bicyclic) bond motifs is 2. The highest BCUT2D eigenvalue weighted by atomic mass is 79.9. The number of carbonyl (C=O) groups excluding carboxylic acids is 1. The highest BCUT2D eigenvalue weighted by Gasteiger charge is 2.21. The Kier molecular flexibility index (Phi) is 4.56. The molecule has 0 aliphatic carbocycles. The predicted molar refractivity (Wildman–Crippen MR) is 105 cm³/mol. The third-order valence-electron chi connectivity index (χ3n) is 4.13. The summed E-state index contributed by atoms with van der Waals surface area (Å²) in [5.74, 6) is 0.191. The van der Waals surface area contributed by atoms with Gasteiger partial charge in [-0.2, -0.15) is 0 Å². The average molecular weight is 496 g/mol. The molecule has 0 bridgehead atoms. The number of aromatic nitrogens is 1. The van der Waals surface area contributed by atoms with Crippen LogP contribution in [0, 0.1) is 0 Å². The molecule has 138 valence electrons. The van der Waals surface area contributed by atoms with Gasteiger partial charge >= 0.3 is 0 Å². The zero-order valence-corrected chi connectivity index (χ0v) is 16.8. The summed E-state index contributed by atoms with van der Waals surface area (Å²) in [5, 5.41) is 13.5. The lowest BCUT2D eigenvalue weighted by atomic mass is 10.1. The van der Waals surface area contributed by atoms with Crippen LogP contribution in [0.1, 0.15) is 15.9 Å². The molecule has 1 aliphatic heterocycles. The molecule has 7 nitrogen and oxygen atoms in total. The van der Waals surface area contributed by atoms with Crippen molar-refractivity contribution in [3.63, 3.8) is 0 Å². The van der Waals surface area contributed by atoms with E-state index in [2.05, 4.69) is 42.2 Å². The normalized spacial score (nSPS) is 12.4. The van der Waals surface area contributed by atoms with Gasteiger partial charge in [0.25, 0.3) is 11.5 Å². The van der Waals surface area contributed by atoms with E-state index < -0.39 is 11.5 Å². The van der Waals surface area contributed by atoms with Crippen LogP contribution in [0.15, 0.2) is 44.1 Å². The number of rotatable bonds is 3. The van der Waals surface area contributed by atoms with Gasteiger partial charge in [-0.25, -0.2) is 0 Å². The van der Waals surface area contributed by atoms with Crippen molar-refractivity contribution >= 4 is 48.7 Å². The van der Waals surface area contributed by atoms with Gasteiger partial charge in [0, 0.05) is 20.9 Å². The van der Waals surface area contributed by atoms with Crippen LogP contribution < -0.4 is 20.3 Å². The predicted octanol–water partition coefficient (Wildman–Crippen LogP) is 3.42. The highest BCUT2D eigenvalue weighted by Crippen LogP contribution is 2.34. The van der Waals surface area contributed by atoms with Crippen molar-refractivity contribution in [2.24, 2.45) is 0 Å². The second-order valence-corrected chi connectivity index (χ2v) is 7.63. The van der Waals surface area contributed by atoms with E-state index in [1.54, 1.807) is 30.3 Å². The molecule has 4 rings (SSSR count). The summed E-state index contributed by atoms with van der Waals surface area (Å²) in [5.41, 5.74) is 0.169. The van der Waals surface area contributed by atoms with Gasteiger partial charge in [0.05, 0.1) is 5.52 Å². The third kappa shape index (κ3) is 3.28. The van der Waals surface area contributed by atoms with Crippen LogP contribution >= 0.6 is 31.9 Å². The number of aromatic amines is 1. The molecule has 0 saturated heterocycles. The lowest BCUT2D eigenvalue weighted by molar-refractivity contribution is 0.0947. The van der Waals surface area contributed by atoms with E-state index in [-0.39, 0.29) is 24.7 Å². The summed E-state index contributed by atoms with van der Waals surface area (Å²) in [6.07, 6.45) is 0. The van der Waals surface area contributed by atoms with Crippen molar-refractivity contribution in [1.82, 2.24) is 10.3 Å². The average Bonchev–Trinajstić information content (AvgIpc) is 3.09. The number of halogens is 2. The van der Waals surface area contributed by atoms with E-state index in [0.29, 0.717) is 31.3 Å². The number of aromatic hydroxyl groups is 1. The van der Waals surface area contributed by atoms with E-state index in [9.17, 15) is 14.7 Å². The molecule has 0 saturated carbocycles. The first-order chi connectivity index (χ1) is 12.9. The van der Waals surface area contributed by atoms with Gasteiger partial charge in [0.2, 0.25) is 6.79 Å². The van der Waals surface area contributed by atoms with Gasteiger partial charge in [-0.05, 0) is 45.8 Å². The standard InChI is InChI=1S/C18H12Br2N2O5/c19-9-4-10-15(11(20)5-9)22-18(25)14(16(10)23)17(24)21-6-8-1-2-12-13(3-8)27-7-26-12/h1-5H,6-7H2,(H,21,24)(H2,22,23,25). The molecule has 9 heteroatoms. The third-order valence-corrected chi connectivity index (χ3v) is 5.21. The molecule has 0 radical (unpaired) electrons. The molecule has 3 aromatic rings. The van der Waals surface area contributed by atoms with E-state index in [1.165, 1.54) is 0 Å². The Morgan fingerprint density at radius 1 is 1.19 bits per heavy atom. The second kappa shape index (κ2) is 6.90. The Morgan fingerprint density at radius 2 is 1.96 bits per heavy atom. The zero-order valence-electron chi connectivity index (χ0n) is 13.6. The van der Waals surface area contributed by atoms with Crippen LogP contribution in [-0.4, -0.2) is 22.8 Å². The number of hydrogen-bond donors (Lipinski definition) is 3. The molecule has 27 heavy (non-hydrogen) atoms. The molecule has 1 aromatic heterocycles. The Morgan fingerprint density at radius 3 is 2.78 bits per heavy atom. The lowest BCUT2D eigenvalue weighted by Gasteiger charge is -2.10. The first kappa shape index (κ1) is 17.9. The molecule has 2 aromatic carbocycles. The Hall–Kier alpha value is -2.52. The van der Waals surface area contributed by atoms with Crippen LogP contribution in [0.2, 0.25) is 0 Å². The minimum Gasteiger partial charge on any atom is -0.506 e. The summed E-state index contributed by atoms with van der Waals surface area (Å²) < 4.78 is 11.8. The quantitative estimate of drug-likeness (QED) is 0.517. The van der Waals surface area contributed by atoms with Gasteiger partial charge in [-0.3, -0.25) is 9.59 Å². The Labute approximate surface area is 169 Å². The number of amides is 1. The molecular formula is C18H12Br2N2O5. The molecule has 0 unspecified atom stereocenters. The molecule has 0 spiro atoms. The Bertz CT molecular complexity index is 1140. The van der Waals surface area contributed by atoms with Gasteiger partial charge in [0.1, 0.15) is 11.3 Å². The molecule has 1 amide bonds. The fourth-order valence-electron chi connectivity index (χ4n) is 2.84. The molecule has 0 atom stereocenters. The van der Waals surface area contributed by atoms with E-state index in [0.717, 1.165) is 5.56 Å². The van der Waals surface area contributed by atoms with Crippen molar-refractivity contribution in [3.8, 4) is 17.2 Å². The van der Waals surface area contributed by atoms with Crippen molar-refractivity contribution in [3.05, 3.63) is 60.8 Å². The summed E-state index contributed by atoms with van der Waals surface area (Å²) in [7, 11) is 0. The van der Waals surface area contributed by atoms with Crippen molar-refractivity contribution in [2.75, 3.05) is 6.79 Å². The van der Waals surface area contributed by atoms with Crippen LogP contribution in [-0.2, 0) is 6.54 Å². The van der Waals surface area contributed by atoms with Crippen molar-refractivity contribution < 1.29 is 19.4 Å². The number of H-pyrrole nitrogens is 1. The lowest BCUT2D eigenvalue weighted by Crippen LogP contribution is -2.29. The number of nitrogens with one attached hydrogen (secondary N) is 2.